The Balaban J connectivity index is 2.02. The summed E-state index contributed by atoms with van der Waals surface area (Å²) in [4.78, 5) is 16.1. The molecule has 1 N–H and O–H groups in total. The van der Waals surface area contributed by atoms with Gasteiger partial charge in [0, 0.05) is 35.7 Å². The summed E-state index contributed by atoms with van der Waals surface area (Å²) in [7, 11) is 0. The monoisotopic (exact) mass is 282 g/mol. The van der Waals surface area contributed by atoms with Gasteiger partial charge in [-0.2, -0.15) is 0 Å². The van der Waals surface area contributed by atoms with Crippen molar-refractivity contribution in [2.24, 2.45) is 11.8 Å². The lowest BCUT2D eigenvalue weighted by atomic mass is 9.90. The van der Waals surface area contributed by atoms with Gasteiger partial charge in [0.1, 0.15) is 5.78 Å². The van der Waals surface area contributed by atoms with Gasteiger partial charge in [-0.3, -0.25) is 9.78 Å². The highest BCUT2D eigenvalue weighted by Gasteiger charge is 2.29. The molecule has 0 saturated carbocycles. The van der Waals surface area contributed by atoms with Crippen LogP contribution in [0.4, 0.5) is 0 Å². The van der Waals surface area contributed by atoms with Crippen molar-refractivity contribution in [3.05, 3.63) is 28.5 Å². The quantitative estimate of drug-likeness (QED) is 0.920. The average molecular weight is 283 g/mol. The molecule has 0 spiro atoms. The third-order valence-corrected chi connectivity index (χ3v) is 3.50. The molecule has 1 saturated heterocycles. The number of rotatable bonds is 3. The Hall–Kier alpha value is -0.740. The molecular formula is C12H15BrN2O. The van der Waals surface area contributed by atoms with Gasteiger partial charge in [0.2, 0.25) is 0 Å². The van der Waals surface area contributed by atoms with Gasteiger partial charge in [0.25, 0.3) is 0 Å². The van der Waals surface area contributed by atoms with E-state index in [1.165, 1.54) is 0 Å². The first-order valence-electron chi connectivity index (χ1n) is 5.49. The van der Waals surface area contributed by atoms with Gasteiger partial charge < -0.3 is 5.32 Å². The fraction of sp³-hybridized carbons (Fsp3) is 0.500. The molecular weight excluding hydrogens is 268 g/mol. The Bertz CT molecular complexity index is 394. The van der Waals surface area contributed by atoms with Crippen molar-refractivity contribution in [2.45, 2.75) is 13.3 Å². The molecule has 2 atom stereocenters. The normalized spacial score (nSPS) is 24.6. The van der Waals surface area contributed by atoms with Crippen LogP contribution in [0.5, 0.6) is 0 Å². The van der Waals surface area contributed by atoms with Gasteiger partial charge in [0.05, 0.1) is 0 Å². The summed E-state index contributed by atoms with van der Waals surface area (Å²) in [5, 5.41) is 3.25. The molecule has 1 aliphatic heterocycles. The molecule has 0 amide bonds. The zero-order valence-electron chi connectivity index (χ0n) is 9.24. The highest BCUT2D eigenvalue weighted by atomic mass is 79.9. The van der Waals surface area contributed by atoms with E-state index in [1.54, 1.807) is 12.4 Å². The van der Waals surface area contributed by atoms with Crippen LogP contribution in [0.15, 0.2) is 22.9 Å². The number of pyridine rings is 1. The van der Waals surface area contributed by atoms with Gasteiger partial charge in [-0.05, 0) is 40.0 Å². The highest BCUT2D eigenvalue weighted by Crippen LogP contribution is 2.19. The van der Waals surface area contributed by atoms with Crippen LogP contribution in [0.2, 0.25) is 0 Å². The molecule has 0 aliphatic carbocycles. The minimum atomic E-state index is 0.166. The van der Waals surface area contributed by atoms with Crippen LogP contribution in [-0.4, -0.2) is 23.9 Å². The van der Waals surface area contributed by atoms with E-state index in [9.17, 15) is 4.79 Å². The number of nitrogens with zero attached hydrogens (tertiary/aromatic N) is 1. The second kappa shape index (κ2) is 5.06. The number of ketones is 1. The topological polar surface area (TPSA) is 42.0 Å². The second-order valence-electron chi connectivity index (χ2n) is 4.40. The van der Waals surface area contributed by atoms with E-state index in [4.69, 9.17) is 0 Å². The van der Waals surface area contributed by atoms with E-state index in [1.807, 2.05) is 6.07 Å². The van der Waals surface area contributed by atoms with Gasteiger partial charge in [-0.25, -0.2) is 0 Å². The summed E-state index contributed by atoms with van der Waals surface area (Å²) in [6.07, 6.45) is 3.98. The lowest BCUT2D eigenvalue weighted by molar-refractivity contribution is -0.122. The molecule has 0 bridgehead atoms. The number of carbonyl (C=O) groups is 1. The van der Waals surface area contributed by atoms with E-state index < -0.39 is 0 Å². The molecule has 1 aliphatic rings. The third kappa shape index (κ3) is 2.68. The SMILES string of the molecule is CC1CNCC1C(=O)Cc1cncc(Br)c1. The zero-order valence-corrected chi connectivity index (χ0v) is 10.8. The van der Waals surface area contributed by atoms with Crippen molar-refractivity contribution in [3.8, 4) is 0 Å². The number of hydrogen-bond donors (Lipinski definition) is 1. The summed E-state index contributed by atoms with van der Waals surface area (Å²) in [6.45, 7) is 3.90. The van der Waals surface area contributed by atoms with Crippen molar-refractivity contribution in [2.75, 3.05) is 13.1 Å². The van der Waals surface area contributed by atoms with Gasteiger partial charge in [0.15, 0.2) is 0 Å². The van der Waals surface area contributed by atoms with Crippen molar-refractivity contribution >= 4 is 21.7 Å². The minimum absolute atomic E-state index is 0.166. The summed E-state index contributed by atoms with van der Waals surface area (Å²) in [6, 6.07) is 1.96. The maximum atomic E-state index is 12.1. The Morgan fingerprint density at radius 2 is 2.38 bits per heavy atom. The standard InChI is InChI=1S/C12H15BrN2O/c1-8-4-14-7-11(8)12(16)3-9-2-10(13)6-15-5-9/h2,5-6,8,11,14H,3-4,7H2,1H3. The molecule has 0 radical (unpaired) electrons. The van der Waals surface area contributed by atoms with Crippen LogP contribution in [0.25, 0.3) is 0 Å². The summed E-state index contributed by atoms with van der Waals surface area (Å²) >= 11 is 3.36. The Labute approximate surface area is 104 Å². The molecule has 2 rings (SSSR count). The van der Waals surface area contributed by atoms with E-state index in [-0.39, 0.29) is 5.92 Å². The second-order valence-corrected chi connectivity index (χ2v) is 5.31. The molecule has 86 valence electrons. The van der Waals surface area contributed by atoms with Crippen LogP contribution in [0.1, 0.15) is 12.5 Å². The first-order chi connectivity index (χ1) is 7.66. The van der Waals surface area contributed by atoms with E-state index in [0.717, 1.165) is 23.1 Å². The smallest absolute Gasteiger partial charge is 0.141 e. The summed E-state index contributed by atoms with van der Waals surface area (Å²) in [5.41, 5.74) is 0.985. The van der Waals surface area contributed by atoms with Crippen molar-refractivity contribution in [1.29, 1.82) is 0 Å². The number of carbonyl (C=O) groups excluding carboxylic acids is 1. The lowest BCUT2D eigenvalue weighted by Gasteiger charge is -2.12. The molecule has 2 heterocycles. The number of nitrogens with one attached hydrogen (secondary N) is 1. The predicted octanol–water partition coefficient (Wildman–Crippen LogP) is 1.81. The fourth-order valence-corrected chi connectivity index (χ4v) is 2.54. The number of aromatic nitrogens is 1. The zero-order chi connectivity index (χ0) is 11.5. The van der Waals surface area contributed by atoms with Crippen molar-refractivity contribution in [3.63, 3.8) is 0 Å². The highest BCUT2D eigenvalue weighted by molar-refractivity contribution is 9.10. The number of halogens is 1. The van der Waals surface area contributed by atoms with Crippen LogP contribution in [0.3, 0.4) is 0 Å². The van der Waals surface area contributed by atoms with Crippen LogP contribution in [-0.2, 0) is 11.2 Å². The Morgan fingerprint density at radius 1 is 1.56 bits per heavy atom. The fourth-order valence-electron chi connectivity index (χ4n) is 2.13. The van der Waals surface area contributed by atoms with Crippen molar-refractivity contribution in [1.82, 2.24) is 10.3 Å². The Morgan fingerprint density at radius 3 is 3.00 bits per heavy atom. The maximum absolute atomic E-state index is 12.1. The number of Topliss-reactive ketones (excluding diaryl/α,β-unsaturated/α-hetero) is 1. The van der Waals surface area contributed by atoms with Gasteiger partial charge >= 0.3 is 0 Å². The predicted molar refractivity (Wildman–Crippen MR) is 66.2 cm³/mol. The molecule has 16 heavy (non-hydrogen) atoms. The van der Waals surface area contributed by atoms with E-state index >= 15 is 0 Å². The van der Waals surface area contributed by atoms with E-state index in [2.05, 4.69) is 33.2 Å². The summed E-state index contributed by atoms with van der Waals surface area (Å²) < 4.78 is 0.926. The van der Waals surface area contributed by atoms with Gasteiger partial charge in [-0.1, -0.05) is 6.92 Å². The van der Waals surface area contributed by atoms with Crippen LogP contribution < -0.4 is 5.32 Å². The third-order valence-electron chi connectivity index (χ3n) is 3.07. The molecule has 3 nitrogen and oxygen atoms in total. The molecule has 2 unspecified atom stereocenters. The number of hydrogen-bond acceptors (Lipinski definition) is 3. The molecule has 1 aromatic heterocycles. The molecule has 4 heteroatoms. The molecule has 0 aromatic carbocycles. The van der Waals surface area contributed by atoms with Crippen LogP contribution in [0, 0.1) is 11.8 Å². The van der Waals surface area contributed by atoms with Crippen molar-refractivity contribution < 1.29 is 4.79 Å². The van der Waals surface area contributed by atoms with E-state index in [0.29, 0.717) is 18.1 Å². The summed E-state index contributed by atoms with van der Waals surface area (Å²) in [5.74, 6) is 0.934. The lowest BCUT2D eigenvalue weighted by Crippen LogP contribution is -2.23. The minimum Gasteiger partial charge on any atom is -0.316 e. The Kier molecular flexibility index (Phi) is 3.71. The average Bonchev–Trinajstić information content (AvgIpc) is 2.64. The molecule has 1 fully saturated rings. The molecule has 1 aromatic rings. The first kappa shape index (κ1) is 11.7. The largest absolute Gasteiger partial charge is 0.316 e. The maximum Gasteiger partial charge on any atom is 0.141 e. The first-order valence-corrected chi connectivity index (χ1v) is 6.29. The van der Waals surface area contributed by atoms with Crippen LogP contribution >= 0.6 is 15.9 Å². The van der Waals surface area contributed by atoms with Gasteiger partial charge in [-0.15, -0.1) is 0 Å².